The average Bonchev–Trinajstić information content (AvgIpc) is 3.00. The first-order valence-corrected chi connectivity index (χ1v) is 8.61. The lowest BCUT2D eigenvalue weighted by Gasteiger charge is -2.20. The summed E-state index contributed by atoms with van der Waals surface area (Å²) in [4.78, 5) is 11.5. The third-order valence-corrected chi connectivity index (χ3v) is 4.19. The van der Waals surface area contributed by atoms with Gasteiger partial charge >= 0.3 is 0 Å². The molecule has 22 heavy (non-hydrogen) atoms. The van der Waals surface area contributed by atoms with Crippen molar-refractivity contribution in [3.05, 3.63) is 36.5 Å². The number of aromatic nitrogens is 4. The van der Waals surface area contributed by atoms with Crippen LogP contribution in [-0.2, 0) is 0 Å². The van der Waals surface area contributed by atoms with Gasteiger partial charge in [0.1, 0.15) is 0 Å². The number of benzene rings is 1. The van der Waals surface area contributed by atoms with Gasteiger partial charge in [-0.05, 0) is 25.7 Å². The van der Waals surface area contributed by atoms with E-state index in [2.05, 4.69) is 45.9 Å². The van der Waals surface area contributed by atoms with Gasteiger partial charge in [-0.25, -0.2) is 4.98 Å². The number of thioether (sulfide) groups is 1. The van der Waals surface area contributed by atoms with E-state index >= 15 is 0 Å². The Bertz CT molecular complexity index is 765. The lowest BCUT2D eigenvalue weighted by Crippen LogP contribution is -2.26. The molecule has 5 nitrogen and oxygen atoms in total. The molecule has 0 fully saturated rings. The minimum atomic E-state index is 0.770. The Labute approximate surface area is 134 Å². The van der Waals surface area contributed by atoms with Gasteiger partial charge in [0.2, 0.25) is 5.95 Å². The van der Waals surface area contributed by atoms with Crippen LogP contribution in [0.5, 0.6) is 0 Å². The fourth-order valence-corrected chi connectivity index (χ4v) is 2.82. The smallest absolute Gasteiger partial charge is 0.231 e. The van der Waals surface area contributed by atoms with Gasteiger partial charge in [-0.1, -0.05) is 42.1 Å². The van der Waals surface area contributed by atoms with E-state index in [0.717, 1.165) is 41.0 Å². The maximum Gasteiger partial charge on any atom is 0.231 e. The molecule has 0 aliphatic heterocycles. The van der Waals surface area contributed by atoms with Gasteiger partial charge in [0.05, 0.1) is 6.20 Å². The van der Waals surface area contributed by atoms with Crippen molar-refractivity contribution in [3.8, 4) is 11.1 Å². The number of hydrogen-bond donors (Lipinski definition) is 0. The van der Waals surface area contributed by atoms with Crippen LogP contribution in [0.4, 0.5) is 5.95 Å². The highest BCUT2D eigenvalue weighted by atomic mass is 32.2. The third kappa shape index (κ3) is 2.54. The summed E-state index contributed by atoms with van der Waals surface area (Å²) in [7, 11) is 0. The Morgan fingerprint density at radius 1 is 1.09 bits per heavy atom. The van der Waals surface area contributed by atoms with E-state index in [9.17, 15) is 0 Å². The van der Waals surface area contributed by atoms with Crippen molar-refractivity contribution in [2.24, 2.45) is 0 Å². The summed E-state index contributed by atoms with van der Waals surface area (Å²) in [5.41, 5.74) is 3.01. The summed E-state index contributed by atoms with van der Waals surface area (Å²) in [5.74, 6) is 0.849. The minimum absolute atomic E-state index is 0.770. The normalized spacial score (nSPS) is 11.0. The van der Waals surface area contributed by atoms with Crippen LogP contribution < -0.4 is 4.90 Å². The van der Waals surface area contributed by atoms with E-state index in [0.29, 0.717) is 0 Å². The van der Waals surface area contributed by atoms with E-state index in [1.165, 1.54) is 0 Å². The molecule has 0 spiro atoms. The molecule has 2 heterocycles. The molecule has 0 aliphatic rings. The molecule has 2 aromatic heterocycles. The van der Waals surface area contributed by atoms with Gasteiger partial charge in [-0.15, -0.1) is 0 Å². The highest BCUT2D eigenvalue weighted by Crippen LogP contribution is 2.27. The molecule has 0 aliphatic carbocycles. The van der Waals surface area contributed by atoms with E-state index in [1.807, 2.05) is 35.2 Å². The molecule has 1 aromatic carbocycles. The Kier molecular flexibility index (Phi) is 4.29. The quantitative estimate of drug-likeness (QED) is 0.676. The van der Waals surface area contributed by atoms with Crippen LogP contribution in [0, 0.1) is 0 Å². The average molecular weight is 313 g/mol. The Hall–Kier alpha value is -2.08. The molecular formula is C16H19N5S. The molecule has 0 saturated heterocycles. The van der Waals surface area contributed by atoms with Crippen molar-refractivity contribution < 1.29 is 0 Å². The van der Waals surface area contributed by atoms with Gasteiger partial charge in [0.15, 0.2) is 10.8 Å². The molecule has 0 unspecified atom stereocenters. The second-order valence-corrected chi connectivity index (χ2v) is 5.62. The van der Waals surface area contributed by atoms with Crippen molar-refractivity contribution in [2.75, 3.05) is 24.2 Å². The molecule has 0 saturated carbocycles. The molecule has 0 amide bonds. The molecular weight excluding hydrogens is 294 g/mol. The number of hydrogen-bond acceptors (Lipinski definition) is 5. The Balaban J connectivity index is 2.24. The highest BCUT2D eigenvalue weighted by Gasteiger charge is 2.16. The molecule has 3 rings (SSSR count). The zero-order chi connectivity index (χ0) is 15.5. The van der Waals surface area contributed by atoms with Gasteiger partial charge < -0.3 is 4.90 Å². The lowest BCUT2D eigenvalue weighted by molar-refractivity contribution is 0.743. The highest BCUT2D eigenvalue weighted by molar-refractivity contribution is 7.98. The van der Waals surface area contributed by atoms with Crippen LogP contribution in [0.1, 0.15) is 13.8 Å². The van der Waals surface area contributed by atoms with E-state index in [-0.39, 0.29) is 0 Å². The van der Waals surface area contributed by atoms with Crippen LogP contribution in [0.2, 0.25) is 0 Å². The maximum atomic E-state index is 4.67. The summed E-state index contributed by atoms with van der Waals surface area (Å²) in [6, 6.07) is 10.2. The second kappa shape index (κ2) is 6.36. The number of rotatable bonds is 5. The summed E-state index contributed by atoms with van der Waals surface area (Å²) in [6.45, 7) is 6.02. The van der Waals surface area contributed by atoms with Crippen LogP contribution in [-0.4, -0.2) is 38.9 Å². The molecule has 114 valence electrons. The lowest BCUT2D eigenvalue weighted by atomic mass is 10.1. The maximum absolute atomic E-state index is 4.67. The van der Waals surface area contributed by atoms with Crippen molar-refractivity contribution in [1.29, 1.82) is 0 Å². The first-order chi connectivity index (χ1) is 10.8. The number of nitrogens with zero attached hydrogens (tertiary/aromatic N) is 5. The van der Waals surface area contributed by atoms with Crippen LogP contribution in [0.3, 0.4) is 0 Å². The van der Waals surface area contributed by atoms with E-state index in [4.69, 9.17) is 0 Å². The summed E-state index contributed by atoms with van der Waals surface area (Å²) in [6.07, 6.45) is 3.87. The van der Waals surface area contributed by atoms with Crippen LogP contribution >= 0.6 is 11.8 Å². The Morgan fingerprint density at radius 2 is 1.82 bits per heavy atom. The summed E-state index contributed by atoms with van der Waals surface area (Å²) < 4.78 is 1.84. The molecule has 0 N–H and O–H groups in total. The molecule has 0 radical (unpaired) electrons. The number of fused-ring (bicyclic) bond motifs is 1. The van der Waals surface area contributed by atoms with Crippen LogP contribution in [0.15, 0.2) is 41.7 Å². The summed E-state index contributed by atoms with van der Waals surface area (Å²) >= 11 is 1.55. The first kappa shape index (κ1) is 14.8. The molecule has 3 aromatic rings. The fraction of sp³-hybridized carbons (Fsp3) is 0.312. The van der Waals surface area contributed by atoms with Crippen molar-refractivity contribution in [2.45, 2.75) is 19.0 Å². The van der Waals surface area contributed by atoms with Gasteiger partial charge in [-0.3, -0.25) is 0 Å². The fourth-order valence-electron chi connectivity index (χ4n) is 2.47. The molecule has 0 bridgehead atoms. The molecule has 6 heteroatoms. The largest absolute Gasteiger partial charge is 0.341 e. The van der Waals surface area contributed by atoms with Crippen molar-refractivity contribution in [3.63, 3.8) is 0 Å². The van der Waals surface area contributed by atoms with Gasteiger partial charge in [0, 0.05) is 18.7 Å². The zero-order valence-corrected chi connectivity index (χ0v) is 13.8. The van der Waals surface area contributed by atoms with Crippen LogP contribution in [0.25, 0.3) is 16.8 Å². The predicted molar refractivity (Wildman–Crippen MR) is 91.6 cm³/mol. The van der Waals surface area contributed by atoms with Gasteiger partial charge in [-0.2, -0.15) is 14.6 Å². The van der Waals surface area contributed by atoms with Crippen molar-refractivity contribution in [1.82, 2.24) is 19.6 Å². The number of anilines is 1. The standard InChI is InChI=1S/C16H19N5S/c1-4-20(5-2)16-19-15(22-3)18-14-13(11-17-21(14)16)12-9-7-6-8-10-12/h6-11H,4-5H2,1-3H3. The zero-order valence-electron chi connectivity index (χ0n) is 13.0. The van der Waals surface area contributed by atoms with E-state index < -0.39 is 0 Å². The Morgan fingerprint density at radius 3 is 2.45 bits per heavy atom. The van der Waals surface area contributed by atoms with Crippen molar-refractivity contribution >= 4 is 23.4 Å². The second-order valence-electron chi connectivity index (χ2n) is 4.84. The topological polar surface area (TPSA) is 46.3 Å². The SMILES string of the molecule is CCN(CC)c1nc(SC)nc2c(-c3ccccc3)cnn12. The summed E-state index contributed by atoms with van der Waals surface area (Å²) in [5, 5.41) is 5.30. The predicted octanol–water partition coefficient (Wildman–Crippen LogP) is 3.36. The monoisotopic (exact) mass is 313 g/mol. The third-order valence-electron chi connectivity index (χ3n) is 3.64. The van der Waals surface area contributed by atoms with E-state index in [1.54, 1.807) is 11.8 Å². The molecule has 0 atom stereocenters. The minimum Gasteiger partial charge on any atom is -0.341 e. The first-order valence-electron chi connectivity index (χ1n) is 7.38. The van der Waals surface area contributed by atoms with Gasteiger partial charge in [0.25, 0.3) is 0 Å².